The van der Waals surface area contributed by atoms with Crippen molar-refractivity contribution < 1.29 is 9.90 Å². The van der Waals surface area contributed by atoms with Crippen LogP contribution in [0, 0.1) is 11.3 Å². The zero-order valence-electron chi connectivity index (χ0n) is 14.1. The van der Waals surface area contributed by atoms with Gasteiger partial charge >= 0.3 is 0 Å². The van der Waals surface area contributed by atoms with Crippen molar-refractivity contribution in [1.82, 2.24) is 9.80 Å². The number of carbonyl (C=O) groups is 1. The van der Waals surface area contributed by atoms with E-state index < -0.39 is 0 Å². The molecule has 0 aliphatic carbocycles. The first-order valence-electron chi connectivity index (χ1n) is 8.95. The predicted molar refractivity (Wildman–Crippen MR) is 91.8 cm³/mol. The van der Waals surface area contributed by atoms with Crippen LogP contribution in [0.4, 0.5) is 0 Å². The third-order valence-electron chi connectivity index (χ3n) is 5.21. The molecule has 128 valence electrons. The van der Waals surface area contributed by atoms with Gasteiger partial charge in [0.25, 0.3) is 5.91 Å². The van der Waals surface area contributed by atoms with Crippen molar-refractivity contribution in [1.29, 1.82) is 5.26 Å². The SMILES string of the molecule is N#Cc1ccc(C(=O)N2CCC[C@@H](N3CCCCCC3)C2)cc1O. The standard InChI is InChI=1S/C19H25N3O2/c20-13-16-8-7-15(12-18(16)23)19(24)22-11-5-6-17(14-22)21-9-3-1-2-4-10-21/h7-8,12,17,23H,1-6,9-11,14H2/t17-/m1/s1. The van der Waals surface area contributed by atoms with Crippen molar-refractivity contribution in [2.75, 3.05) is 26.2 Å². The number of nitrogens with zero attached hydrogens (tertiary/aromatic N) is 3. The largest absolute Gasteiger partial charge is 0.507 e. The summed E-state index contributed by atoms with van der Waals surface area (Å²) in [5.74, 6) is -0.168. The van der Waals surface area contributed by atoms with Crippen LogP contribution in [0.1, 0.15) is 54.4 Å². The molecule has 0 saturated carbocycles. The normalized spacial score (nSPS) is 22.6. The molecule has 2 fully saturated rings. The Kier molecular flexibility index (Phi) is 5.37. The number of aromatic hydroxyl groups is 1. The fourth-order valence-corrected chi connectivity index (χ4v) is 3.84. The van der Waals surface area contributed by atoms with Gasteiger partial charge in [-0.05, 0) is 57.0 Å². The zero-order valence-corrected chi connectivity index (χ0v) is 14.1. The highest BCUT2D eigenvalue weighted by molar-refractivity contribution is 5.95. The minimum Gasteiger partial charge on any atom is -0.507 e. The molecule has 3 rings (SSSR count). The average Bonchev–Trinajstić information content (AvgIpc) is 2.90. The maximum Gasteiger partial charge on any atom is 0.254 e. The fourth-order valence-electron chi connectivity index (χ4n) is 3.84. The Morgan fingerprint density at radius 1 is 1.12 bits per heavy atom. The minimum absolute atomic E-state index is 0.0469. The second-order valence-electron chi connectivity index (χ2n) is 6.84. The summed E-state index contributed by atoms with van der Waals surface area (Å²) >= 11 is 0. The summed E-state index contributed by atoms with van der Waals surface area (Å²) < 4.78 is 0. The number of amides is 1. The summed E-state index contributed by atoms with van der Waals surface area (Å²) in [5, 5.41) is 18.7. The highest BCUT2D eigenvalue weighted by Gasteiger charge is 2.28. The van der Waals surface area contributed by atoms with Crippen LogP contribution in [-0.2, 0) is 0 Å². The third-order valence-corrected chi connectivity index (χ3v) is 5.21. The quantitative estimate of drug-likeness (QED) is 0.907. The molecule has 5 nitrogen and oxygen atoms in total. The van der Waals surface area contributed by atoms with E-state index in [2.05, 4.69) is 4.90 Å². The average molecular weight is 327 g/mol. The molecule has 5 heteroatoms. The topological polar surface area (TPSA) is 67.6 Å². The van der Waals surface area contributed by atoms with Gasteiger partial charge in [-0.1, -0.05) is 12.8 Å². The van der Waals surface area contributed by atoms with Gasteiger partial charge in [0.15, 0.2) is 0 Å². The number of phenolic OH excluding ortho intramolecular Hbond substituents is 1. The number of hydrogen-bond donors (Lipinski definition) is 1. The van der Waals surface area contributed by atoms with Gasteiger partial charge in [-0.3, -0.25) is 9.69 Å². The molecular formula is C19H25N3O2. The molecule has 24 heavy (non-hydrogen) atoms. The summed E-state index contributed by atoms with van der Waals surface area (Å²) in [5.41, 5.74) is 0.663. The van der Waals surface area contributed by atoms with E-state index in [4.69, 9.17) is 5.26 Å². The Balaban J connectivity index is 1.68. The molecule has 0 aromatic heterocycles. The van der Waals surface area contributed by atoms with Crippen LogP contribution >= 0.6 is 0 Å². The van der Waals surface area contributed by atoms with Gasteiger partial charge in [0.05, 0.1) is 5.56 Å². The van der Waals surface area contributed by atoms with E-state index in [1.165, 1.54) is 37.8 Å². The van der Waals surface area contributed by atoms with E-state index in [1.54, 1.807) is 6.07 Å². The molecule has 1 aromatic carbocycles. The summed E-state index contributed by atoms with van der Waals surface area (Å²) in [6.45, 7) is 3.82. The van der Waals surface area contributed by atoms with E-state index in [1.807, 2.05) is 11.0 Å². The second kappa shape index (κ2) is 7.67. The lowest BCUT2D eigenvalue weighted by Gasteiger charge is -2.39. The second-order valence-corrected chi connectivity index (χ2v) is 6.84. The summed E-state index contributed by atoms with van der Waals surface area (Å²) in [4.78, 5) is 17.2. The number of benzene rings is 1. The highest BCUT2D eigenvalue weighted by Crippen LogP contribution is 2.23. The molecule has 2 aliphatic heterocycles. The Morgan fingerprint density at radius 3 is 2.54 bits per heavy atom. The van der Waals surface area contributed by atoms with Crippen LogP contribution < -0.4 is 0 Å². The lowest BCUT2D eigenvalue weighted by molar-refractivity contribution is 0.0578. The molecule has 0 unspecified atom stereocenters. The Morgan fingerprint density at radius 2 is 1.88 bits per heavy atom. The molecule has 0 radical (unpaired) electrons. The first-order valence-corrected chi connectivity index (χ1v) is 8.95. The summed E-state index contributed by atoms with van der Waals surface area (Å²) in [7, 11) is 0. The number of likely N-dealkylation sites (tertiary alicyclic amines) is 2. The molecule has 1 aromatic rings. The number of carbonyl (C=O) groups excluding carboxylic acids is 1. The van der Waals surface area contributed by atoms with Crippen LogP contribution in [0.3, 0.4) is 0 Å². The van der Waals surface area contributed by atoms with Gasteiger partial charge in [0, 0.05) is 24.7 Å². The molecule has 2 saturated heterocycles. The smallest absolute Gasteiger partial charge is 0.254 e. The molecule has 1 amide bonds. The van der Waals surface area contributed by atoms with Gasteiger partial charge in [0.2, 0.25) is 0 Å². The van der Waals surface area contributed by atoms with Crippen molar-refractivity contribution in [3.05, 3.63) is 29.3 Å². The van der Waals surface area contributed by atoms with E-state index in [0.717, 1.165) is 39.0 Å². The molecule has 2 aliphatic rings. The molecule has 2 heterocycles. The lowest BCUT2D eigenvalue weighted by Crippen LogP contribution is -2.50. The first-order chi connectivity index (χ1) is 11.7. The van der Waals surface area contributed by atoms with Crippen LogP contribution in [-0.4, -0.2) is 53.0 Å². The third kappa shape index (κ3) is 3.70. The minimum atomic E-state index is -0.121. The highest BCUT2D eigenvalue weighted by atomic mass is 16.3. The molecule has 0 bridgehead atoms. The van der Waals surface area contributed by atoms with Gasteiger partial charge in [0.1, 0.15) is 11.8 Å². The van der Waals surface area contributed by atoms with E-state index in [9.17, 15) is 9.90 Å². The maximum atomic E-state index is 12.8. The molecular weight excluding hydrogens is 302 g/mol. The predicted octanol–water partition coefficient (Wildman–Crippen LogP) is 2.74. The van der Waals surface area contributed by atoms with Crippen molar-refractivity contribution >= 4 is 5.91 Å². The fraction of sp³-hybridized carbons (Fsp3) is 0.579. The maximum absolute atomic E-state index is 12.8. The van der Waals surface area contributed by atoms with Crippen molar-refractivity contribution in [2.24, 2.45) is 0 Å². The van der Waals surface area contributed by atoms with Crippen molar-refractivity contribution in [3.63, 3.8) is 0 Å². The van der Waals surface area contributed by atoms with E-state index >= 15 is 0 Å². The van der Waals surface area contributed by atoms with Crippen LogP contribution in [0.5, 0.6) is 5.75 Å². The van der Waals surface area contributed by atoms with Crippen LogP contribution in [0.2, 0.25) is 0 Å². The van der Waals surface area contributed by atoms with Crippen molar-refractivity contribution in [3.8, 4) is 11.8 Å². The summed E-state index contributed by atoms with van der Waals surface area (Å²) in [6.07, 6.45) is 7.33. The number of hydrogen-bond acceptors (Lipinski definition) is 4. The van der Waals surface area contributed by atoms with E-state index in [-0.39, 0.29) is 17.2 Å². The monoisotopic (exact) mass is 327 g/mol. The Hall–Kier alpha value is -2.06. The summed E-state index contributed by atoms with van der Waals surface area (Å²) in [6, 6.07) is 6.93. The number of phenols is 1. The number of nitriles is 1. The lowest BCUT2D eigenvalue weighted by atomic mass is 10.0. The van der Waals surface area contributed by atoms with Gasteiger partial charge < -0.3 is 10.0 Å². The van der Waals surface area contributed by atoms with Gasteiger partial charge in [-0.15, -0.1) is 0 Å². The molecule has 0 spiro atoms. The van der Waals surface area contributed by atoms with Crippen molar-refractivity contribution in [2.45, 2.75) is 44.6 Å². The zero-order chi connectivity index (χ0) is 16.9. The molecule has 1 atom stereocenters. The van der Waals surface area contributed by atoms with E-state index in [0.29, 0.717) is 11.6 Å². The number of piperidine rings is 1. The van der Waals surface area contributed by atoms with Gasteiger partial charge in [-0.2, -0.15) is 5.26 Å². The van der Waals surface area contributed by atoms with Crippen LogP contribution in [0.25, 0.3) is 0 Å². The Labute approximate surface area is 143 Å². The van der Waals surface area contributed by atoms with Crippen LogP contribution in [0.15, 0.2) is 18.2 Å². The van der Waals surface area contributed by atoms with Gasteiger partial charge in [-0.25, -0.2) is 0 Å². The number of rotatable bonds is 2. The Bertz CT molecular complexity index is 630. The first kappa shape index (κ1) is 16.8. The molecule has 1 N–H and O–H groups in total.